The summed E-state index contributed by atoms with van der Waals surface area (Å²) in [5.74, 6) is -0.255. The second kappa shape index (κ2) is 9.84. The van der Waals surface area contributed by atoms with Gasteiger partial charge >= 0.3 is 6.18 Å². The van der Waals surface area contributed by atoms with Crippen molar-refractivity contribution >= 4 is 23.6 Å². The fourth-order valence-electron chi connectivity index (χ4n) is 6.20. The number of alkyl halides is 3. The molecule has 2 aromatic carbocycles. The van der Waals surface area contributed by atoms with Crippen LogP contribution in [0, 0.1) is 0 Å². The minimum atomic E-state index is -4.46. The highest BCUT2D eigenvalue weighted by molar-refractivity contribution is 6.31. The third-order valence-corrected chi connectivity index (χ3v) is 8.52. The number of carbonyl (C=O) groups is 1. The van der Waals surface area contributed by atoms with E-state index in [-0.39, 0.29) is 16.9 Å². The van der Waals surface area contributed by atoms with Gasteiger partial charge in [-0.2, -0.15) is 13.2 Å². The van der Waals surface area contributed by atoms with Gasteiger partial charge in [0.1, 0.15) is 0 Å². The number of piperazine rings is 1. The van der Waals surface area contributed by atoms with Crippen LogP contribution in [0.3, 0.4) is 0 Å². The molecule has 2 saturated heterocycles. The summed E-state index contributed by atoms with van der Waals surface area (Å²) in [6.07, 6.45) is 0.675. The first kappa shape index (κ1) is 25.3. The van der Waals surface area contributed by atoms with Gasteiger partial charge in [0.15, 0.2) is 0 Å². The van der Waals surface area contributed by atoms with Crippen molar-refractivity contribution in [3.8, 4) is 0 Å². The van der Waals surface area contributed by atoms with Crippen LogP contribution in [0.15, 0.2) is 48.5 Å². The van der Waals surface area contributed by atoms with E-state index in [2.05, 4.69) is 22.9 Å². The minimum Gasteiger partial charge on any atom is -0.339 e. The molecule has 2 heterocycles. The lowest BCUT2D eigenvalue weighted by molar-refractivity contribution is -0.137. The van der Waals surface area contributed by atoms with Crippen molar-refractivity contribution in [1.29, 1.82) is 0 Å². The molecule has 1 atom stereocenters. The number of hydrogen-bond acceptors (Lipinski definition) is 3. The zero-order chi connectivity index (χ0) is 25.5. The summed E-state index contributed by atoms with van der Waals surface area (Å²) in [7, 11) is 2.15. The average molecular weight is 518 g/mol. The number of rotatable bonds is 3. The predicted molar refractivity (Wildman–Crippen MR) is 136 cm³/mol. The summed E-state index contributed by atoms with van der Waals surface area (Å²) in [6.45, 7) is 5.27. The van der Waals surface area contributed by atoms with Gasteiger partial charge in [-0.05, 0) is 61.2 Å². The Morgan fingerprint density at radius 1 is 1.00 bits per heavy atom. The Balaban J connectivity index is 1.31. The molecule has 0 aromatic heterocycles. The van der Waals surface area contributed by atoms with Crippen molar-refractivity contribution in [2.75, 3.05) is 46.3 Å². The molecule has 2 aliphatic heterocycles. The quantitative estimate of drug-likeness (QED) is 0.494. The van der Waals surface area contributed by atoms with E-state index in [1.54, 1.807) is 11.0 Å². The lowest BCUT2D eigenvalue weighted by Gasteiger charge is -2.41. The number of nitrogens with zero attached hydrogens (tertiary/aromatic N) is 3. The highest BCUT2D eigenvalue weighted by Crippen LogP contribution is 2.55. The second-order valence-electron chi connectivity index (χ2n) is 10.3. The molecular weight excluding hydrogens is 487 g/mol. The predicted octanol–water partition coefficient (Wildman–Crippen LogP) is 5.62. The third kappa shape index (κ3) is 4.81. The van der Waals surface area contributed by atoms with Crippen LogP contribution in [0.1, 0.15) is 47.6 Å². The molecule has 1 spiro atoms. The molecule has 0 saturated carbocycles. The highest BCUT2D eigenvalue weighted by atomic mass is 35.5. The van der Waals surface area contributed by atoms with E-state index in [1.165, 1.54) is 35.4 Å². The van der Waals surface area contributed by atoms with Gasteiger partial charge in [-0.3, -0.25) is 9.69 Å². The molecular formula is C28H31ClF3N3O. The maximum absolute atomic E-state index is 13.3. The number of benzene rings is 2. The van der Waals surface area contributed by atoms with E-state index in [9.17, 15) is 18.0 Å². The number of hydrogen-bond donors (Lipinski definition) is 0. The van der Waals surface area contributed by atoms with E-state index in [0.29, 0.717) is 19.1 Å². The van der Waals surface area contributed by atoms with Crippen molar-refractivity contribution < 1.29 is 18.0 Å². The monoisotopic (exact) mass is 517 g/mol. The van der Waals surface area contributed by atoms with Crippen LogP contribution in [-0.2, 0) is 16.4 Å². The van der Waals surface area contributed by atoms with E-state index in [4.69, 9.17) is 11.6 Å². The number of amides is 1. The summed E-state index contributed by atoms with van der Waals surface area (Å²) < 4.78 is 39.9. The van der Waals surface area contributed by atoms with Gasteiger partial charge < -0.3 is 9.80 Å². The Kier molecular flexibility index (Phi) is 6.92. The maximum atomic E-state index is 13.3. The van der Waals surface area contributed by atoms with Gasteiger partial charge in [-0.25, -0.2) is 0 Å². The van der Waals surface area contributed by atoms with Crippen LogP contribution in [0.2, 0.25) is 5.02 Å². The number of likely N-dealkylation sites (N-methyl/N-ethyl adjacent to an activating group) is 1. The molecule has 3 aliphatic rings. The van der Waals surface area contributed by atoms with Crippen LogP contribution >= 0.6 is 11.6 Å². The SMILES string of the molecule is CN1CCN(C2CC3(CCN(C(=O)/C=C/c4ccccc4C(F)(F)F)CC3)c3c(Cl)cccc32)CC1. The van der Waals surface area contributed by atoms with Gasteiger partial charge in [0.05, 0.1) is 5.56 Å². The molecule has 2 fully saturated rings. The first-order valence-electron chi connectivity index (χ1n) is 12.5. The van der Waals surface area contributed by atoms with Gasteiger partial charge in [0.2, 0.25) is 5.91 Å². The molecule has 0 radical (unpaired) electrons. The average Bonchev–Trinajstić information content (AvgIpc) is 3.18. The molecule has 192 valence electrons. The van der Waals surface area contributed by atoms with Crippen molar-refractivity contribution in [1.82, 2.24) is 14.7 Å². The molecule has 0 N–H and O–H groups in total. The topological polar surface area (TPSA) is 26.8 Å². The first-order chi connectivity index (χ1) is 17.2. The van der Waals surface area contributed by atoms with Crippen LogP contribution in [0.25, 0.3) is 6.08 Å². The van der Waals surface area contributed by atoms with Crippen LogP contribution in [0.5, 0.6) is 0 Å². The largest absolute Gasteiger partial charge is 0.416 e. The number of likely N-dealkylation sites (tertiary alicyclic amines) is 1. The Labute approximate surface area is 215 Å². The maximum Gasteiger partial charge on any atom is 0.416 e. The zero-order valence-corrected chi connectivity index (χ0v) is 21.2. The Morgan fingerprint density at radius 2 is 1.69 bits per heavy atom. The third-order valence-electron chi connectivity index (χ3n) is 8.20. The fraction of sp³-hybridized carbons (Fsp3) is 0.464. The molecule has 2 aromatic rings. The number of fused-ring (bicyclic) bond motifs is 2. The lowest BCUT2D eigenvalue weighted by atomic mass is 9.73. The Morgan fingerprint density at radius 3 is 2.39 bits per heavy atom. The van der Waals surface area contributed by atoms with Gasteiger partial charge in [0.25, 0.3) is 0 Å². The van der Waals surface area contributed by atoms with Crippen LogP contribution in [-0.4, -0.2) is 66.9 Å². The molecule has 1 unspecified atom stereocenters. The van der Waals surface area contributed by atoms with E-state index >= 15 is 0 Å². The Hall–Kier alpha value is -2.35. The van der Waals surface area contributed by atoms with Gasteiger partial charge in [0, 0.05) is 61.8 Å². The highest BCUT2D eigenvalue weighted by Gasteiger charge is 2.48. The van der Waals surface area contributed by atoms with E-state index in [0.717, 1.165) is 56.5 Å². The van der Waals surface area contributed by atoms with Crippen molar-refractivity contribution in [2.45, 2.75) is 36.9 Å². The molecule has 5 rings (SSSR count). The molecule has 8 heteroatoms. The number of piperidine rings is 1. The molecule has 4 nitrogen and oxygen atoms in total. The second-order valence-corrected chi connectivity index (χ2v) is 10.7. The standard InChI is InChI=1S/C28H31ClF3N3O/c1-33-15-17-34(18-16-33)24-19-27(26-21(24)6-4-8-23(26)29)11-13-35(14-12-27)25(36)10-9-20-5-2-3-7-22(20)28(30,31)32/h2-10,24H,11-19H2,1H3/b10-9+. The van der Waals surface area contributed by atoms with Crippen molar-refractivity contribution in [3.05, 3.63) is 75.8 Å². The molecule has 0 bridgehead atoms. The summed E-state index contributed by atoms with van der Waals surface area (Å²) in [4.78, 5) is 19.6. The van der Waals surface area contributed by atoms with Crippen LogP contribution < -0.4 is 0 Å². The Bertz CT molecular complexity index is 1150. The van der Waals surface area contributed by atoms with E-state index < -0.39 is 11.7 Å². The fourth-order valence-corrected chi connectivity index (χ4v) is 6.58. The first-order valence-corrected chi connectivity index (χ1v) is 12.9. The summed E-state index contributed by atoms with van der Waals surface area (Å²) >= 11 is 6.78. The molecule has 36 heavy (non-hydrogen) atoms. The van der Waals surface area contributed by atoms with Crippen molar-refractivity contribution in [3.63, 3.8) is 0 Å². The normalized spacial score (nSPS) is 22.9. The molecule has 1 amide bonds. The van der Waals surface area contributed by atoms with Crippen LogP contribution in [0.4, 0.5) is 13.2 Å². The van der Waals surface area contributed by atoms with Gasteiger partial charge in [-0.15, -0.1) is 0 Å². The number of carbonyl (C=O) groups excluding carboxylic acids is 1. The number of halogens is 4. The minimum absolute atomic E-state index is 0.00153. The summed E-state index contributed by atoms with van der Waals surface area (Å²) in [5.41, 5.74) is 1.73. The smallest absolute Gasteiger partial charge is 0.339 e. The lowest BCUT2D eigenvalue weighted by Crippen LogP contribution is -2.47. The summed E-state index contributed by atoms with van der Waals surface area (Å²) in [6, 6.07) is 11.8. The van der Waals surface area contributed by atoms with Gasteiger partial charge in [-0.1, -0.05) is 41.9 Å². The molecule has 1 aliphatic carbocycles. The van der Waals surface area contributed by atoms with E-state index in [1.807, 2.05) is 12.1 Å². The zero-order valence-electron chi connectivity index (χ0n) is 20.4. The van der Waals surface area contributed by atoms with Crippen molar-refractivity contribution in [2.24, 2.45) is 0 Å². The summed E-state index contributed by atoms with van der Waals surface area (Å²) in [5, 5.41) is 0.799.